The number of fused-ring (bicyclic) bond motifs is 7. The van der Waals surface area contributed by atoms with E-state index in [4.69, 9.17) is 0 Å². The van der Waals surface area contributed by atoms with Crippen LogP contribution in [-0.2, 0) is 0 Å². The van der Waals surface area contributed by atoms with Gasteiger partial charge < -0.3 is 5.11 Å². The van der Waals surface area contributed by atoms with Crippen LogP contribution >= 0.6 is 0 Å². The molecule has 5 aliphatic rings. The molecule has 30 heavy (non-hydrogen) atoms. The minimum absolute atomic E-state index is 0.0648. The Morgan fingerprint density at radius 1 is 0.800 bits per heavy atom. The third-order valence-corrected chi connectivity index (χ3v) is 13.0. The zero-order valence-corrected chi connectivity index (χ0v) is 21.0. The summed E-state index contributed by atoms with van der Waals surface area (Å²) in [6.07, 6.45) is 11.9. The van der Waals surface area contributed by atoms with Crippen molar-refractivity contribution in [3.63, 3.8) is 0 Å². The molecule has 0 unspecified atom stereocenters. The highest BCUT2D eigenvalue weighted by molar-refractivity contribution is 5.23. The summed E-state index contributed by atoms with van der Waals surface area (Å²) >= 11 is 0. The molecule has 0 saturated heterocycles. The summed E-state index contributed by atoms with van der Waals surface area (Å²) in [5.74, 6) is 4.01. The minimum atomic E-state index is -0.118. The van der Waals surface area contributed by atoms with E-state index in [1.807, 2.05) is 0 Å². The molecule has 5 aliphatic carbocycles. The van der Waals surface area contributed by atoms with E-state index in [0.29, 0.717) is 27.6 Å². The number of aliphatic hydroxyl groups is 1. The van der Waals surface area contributed by atoms with Crippen molar-refractivity contribution in [1.29, 1.82) is 0 Å². The lowest BCUT2D eigenvalue weighted by Crippen LogP contribution is -2.63. The van der Waals surface area contributed by atoms with Gasteiger partial charge >= 0.3 is 0 Å². The van der Waals surface area contributed by atoms with Crippen LogP contribution < -0.4 is 0 Å². The first-order valence-electron chi connectivity index (χ1n) is 13.1. The van der Waals surface area contributed by atoms with Gasteiger partial charge in [-0.3, -0.25) is 0 Å². The molecule has 0 aliphatic heterocycles. The molecule has 0 amide bonds. The zero-order valence-electron chi connectivity index (χ0n) is 21.0. The first-order chi connectivity index (χ1) is 13.8. The van der Waals surface area contributed by atoms with Gasteiger partial charge in [0.15, 0.2) is 0 Å². The fourth-order valence-electron chi connectivity index (χ4n) is 11.6. The maximum absolute atomic E-state index is 10.9. The summed E-state index contributed by atoms with van der Waals surface area (Å²) in [6, 6.07) is 0. The lowest BCUT2D eigenvalue weighted by molar-refractivity contribution is -0.222. The first-order valence-corrected chi connectivity index (χ1v) is 13.1. The SMILES string of the molecule is C=C(C)[C@@H]1CC[C@]2(C)C[C@]3(C)[C@H](CC[C@@H]4[C@@]5(C)CC[C@H](O)C(C)(C)[C@@H]5CC[C@]43C)[C@@H]12. The monoisotopic (exact) mass is 412 g/mol. The van der Waals surface area contributed by atoms with Crippen LogP contribution in [0.2, 0.25) is 0 Å². The van der Waals surface area contributed by atoms with Crippen molar-refractivity contribution < 1.29 is 5.11 Å². The van der Waals surface area contributed by atoms with Crippen molar-refractivity contribution in [1.82, 2.24) is 0 Å². The second-order valence-corrected chi connectivity index (χ2v) is 14.4. The fourth-order valence-corrected chi connectivity index (χ4v) is 11.6. The van der Waals surface area contributed by atoms with E-state index in [9.17, 15) is 5.11 Å². The molecule has 1 N–H and O–H groups in total. The predicted molar refractivity (Wildman–Crippen MR) is 126 cm³/mol. The van der Waals surface area contributed by atoms with E-state index in [-0.39, 0.29) is 11.5 Å². The Morgan fingerprint density at radius 2 is 1.50 bits per heavy atom. The van der Waals surface area contributed by atoms with Crippen LogP contribution in [0.1, 0.15) is 106 Å². The Balaban J connectivity index is 1.55. The normalized spacial score (nSPS) is 59.1. The number of hydrogen-bond donors (Lipinski definition) is 1. The van der Waals surface area contributed by atoms with Crippen LogP contribution in [-0.4, -0.2) is 11.2 Å². The summed E-state index contributed by atoms with van der Waals surface area (Å²) in [4.78, 5) is 0. The van der Waals surface area contributed by atoms with Gasteiger partial charge in [-0.25, -0.2) is 0 Å². The Hall–Kier alpha value is -0.300. The lowest BCUT2D eigenvalue weighted by Gasteiger charge is -2.70. The van der Waals surface area contributed by atoms with Crippen LogP contribution in [0.15, 0.2) is 12.2 Å². The molecule has 10 atom stereocenters. The third-order valence-electron chi connectivity index (χ3n) is 13.0. The Bertz CT molecular complexity index is 751. The molecule has 0 bridgehead atoms. The second kappa shape index (κ2) is 6.18. The van der Waals surface area contributed by atoms with E-state index in [1.165, 1.54) is 56.9 Å². The summed E-state index contributed by atoms with van der Waals surface area (Å²) in [7, 11) is 0. The minimum Gasteiger partial charge on any atom is -0.393 e. The highest BCUT2D eigenvalue weighted by Gasteiger charge is 2.72. The molecule has 0 heterocycles. The molecule has 1 nitrogen and oxygen atoms in total. The van der Waals surface area contributed by atoms with E-state index >= 15 is 0 Å². The van der Waals surface area contributed by atoms with Gasteiger partial charge in [0.05, 0.1) is 6.10 Å². The smallest absolute Gasteiger partial charge is 0.0594 e. The molecule has 0 aromatic carbocycles. The van der Waals surface area contributed by atoms with Gasteiger partial charge in [0.2, 0.25) is 0 Å². The van der Waals surface area contributed by atoms with Gasteiger partial charge in [0, 0.05) is 0 Å². The maximum Gasteiger partial charge on any atom is 0.0594 e. The first kappa shape index (κ1) is 21.5. The highest BCUT2D eigenvalue weighted by Crippen LogP contribution is 2.79. The van der Waals surface area contributed by atoms with E-state index in [0.717, 1.165) is 30.1 Å². The molecule has 5 rings (SSSR count). The van der Waals surface area contributed by atoms with Gasteiger partial charge in [0.25, 0.3) is 0 Å². The summed E-state index contributed by atoms with van der Waals surface area (Å²) < 4.78 is 0. The van der Waals surface area contributed by atoms with Crippen LogP contribution in [0.4, 0.5) is 0 Å². The molecular formula is C29H48O. The van der Waals surface area contributed by atoms with E-state index in [1.54, 1.807) is 0 Å². The number of allylic oxidation sites excluding steroid dienone is 1. The quantitative estimate of drug-likeness (QED) is 0.439. The Labute approximate surface area is 186 Å². The number of aliphatic hydroxyl groups excluding tert-OH is 1. The molecule has 0 aromatic rings. The Kier molecular flexibility index (Phi) is 4.44. The average molecular weight is 413 g/mol. The van der Waals surface area contributed by atoms with Crippen LogP contribution in [0.25, 0.3) is 0 Å². The fraction of sp³-hybridized carbons (Fsp3) is 0.931. The van der Waals surface area contributed by atoms with E-state index in [2.05, 4.69) is 55.0 Å². The summed E-state index contributed by atoms with van der Waals surface area (Å²) in [5, 5.41) is 10.9. The van der Waals surface area contributed by atoms with Crippen LogP contribution in [0.5, 0.6) is 0 Å². The Morgan fingerprint density at radius 3 is 2.17 bits per heavy atom. The van der Waals surface area contributed by atoms with Gasteiger partial charge in [0.1, 0.15) is 0 Å². The maximum atomic E-state index is 10.9. The highest BCUT2D eigenvalue weighted by atomic mass is 16.3. The second-order valence-electron chi connectivity index (χ2n) is 14.4. The number of hydrogen-bond acceptors (Lipinski definition) is 1. The predicted octanol–water partition coefficient (Wildman–Crippen LogP) is 7.63. The average Bonchev–Trinajstić information content (AvgIpc) is 3.08. The molecular weight excluding hydrogens is 364 g/mol. The molecule has 0 spiro atoms. The summed E-state index contributed by atoms with van der Waals surface area (Å²) in [6.45, 7) is 22.2. The van der Waals surface area contributed by atoms with Gasteiger partial charge in [-0.15, -0.1) is 0 Å². The van der Waals surface area contributed by atoms with Crippen molar-refractivity contribution in [3.05, 3.63) is 12.2 Å². The third kappa shape index (κ3) is 2.35. The molecule has 0 aromatic heterocycles. The molecule has 1 heteroatoms. The van der Waals surface area contributed by atoms with Crippen molar-refractivity contribution in [2.75, 3.05) is 0 Å². The van der Waals surface area contributed by atoms with E-state index < -0.39 is 0 Å². The lowest BCUT2D eigenvalue weighted by atomic mass is 9.35. The molecule has 170 valence electrons. The largest absolute Gasteiger partial charge is 0.393 e. The van der Waals surface area contributed by atoms with Crippen molar-refractivity contribution in [2.45, 2.75) is 112 Å². The van der Waals surface area contributed by atoms with Gasteiger partial charge in [-0.05, 0) is 121 Å². The number of rotatable bonds is 1. The molecule has 0 radical (unpaired) electrons. The summed E-state index contributed by atoms with van der Waals surface area (Å²) in [5.41, 5.74) is 3.37. The topological polar surface area (TPSA) is 20.2 Å². The van der Waals surface area contributed by atoms with Gasteiger partial charge in [-0.1, -0.05) is 53.7 Å². The van der Waals surface area contributed by atoms with Crippen molar-refractivity contribution in [3.8, 4) is 0 Å². The zero-order chi connectivity index (χ0) is 21.9. The standard InChI is InChI=1S/C29H48O/c1-18(2)19-11-14-26(5)17-29(8)20(24(19)26)9-10-22-27(6)15-13-23(30)25(3,4)21(27)12-16-28(22,29)7/h19-24,30H,1,9-17H2,2-8H3/t19-,20+,21-,22+,23-,24+,26+,27-,28+,29+/m0/s1. The molecule has 5 fully saturated rings. The van der Waals surface area contributed by atoms with Crippen LogP contribution in [0, 0.1) is 56.7 Å². The van der Waals surface area contributed by atoms with Crippen LogP contribution in [0.3, 0.4) is 0 Å². The van der Waals surface area contributed by atoms with Gasteiger partial charge in [-0.2, -0.15) is 0 Å². The van der Waals surface area contributed by atoms with Crippen molar-refractivity contribution in [2.24, 2.45) is 56.7 Å². The van der Waals surface area contributed by atoms with Crippen molar-refractivity contribution >= 4 is 0 Å². The molecule has 5 saturated carbocycles.